The molecule has 0 spiro atoms. The molecule has 33 heavy (non-hydrogen) atoms. The van der Waals surface area contributed by atoms with Gasteiger partial charge in [0.1, 0.15) is 17.8 Å². The zero-order valence-electron chi connectivity index (χ0n) is 19.8. The quantitative estimate of drug-likeness (QED) is 0.353. The number of hydrogen-bond acceptors (Lipinski definition) is 9. The summed E-state index contributed by atoms with van der Waals surface area (Å²) >= 11 is 0. The normalized spacial score (nSPS) is 43.0. The molecular formula is C24H32O9. The highest BCUT2D eigenvalue weighted by Crippen LogP contribution is 2.54. The van der Waals surface area contributed by atoms with Gasteiger partial charge in [-0.05, 0) is 45.8 Å². The standard InChI is InChI=1S/C24H32O9/c1-12-7-8-17(31-14(3)25)22(5)10-9-16(27)23(6,29)19(22)20(32-15(4)26)24(30)13(2)21(28)33-18(24)11-12/h9-11,13,17-20,29-30H,7-8H2,1-6H3. The molecule has 2 N–H and O–H groups in total. The average Bonchev–Trinajstić information content (AvgIpc) is 2.90. The van der Waals surface area contributed by atoms with Gasteiger partial charge >= 0.3 is 17.9 Å². The molecule has 1 heterocycles. The molecule has 0 saturated carbocycles. The van der Waals surface area contributed by atoms with E-state index in [2.05, 4.69) is 0 Å². The monoisotopic (exact) mass is 464 g/mol. The summed E-state index contributed by atoms with van der Waals surface area (Å²) < 4.78 is 16.8. The number of rotatable bonds is 2. The maximum Gasteiger partial charge on any atom is 0.312 e. The van der Waals surface area contributed by atoms with Crippen LogP contribution < -0.4 is 0 Å². The van der Waals surface area contributed by atoms with E-state index in [1.165, 1.54) is 32.9 Å². The summed E-state index contributed by atoms with van der Waals surface area (Å²) in [5.41, 5.74) is -4.69. The first-order valence-electron chi connectivity index (χ1n) is 11.1. The summed E-state index contributed by atoms with van der Waals surface area (Å²) in [6.07, 6.45) is 1.54. The van der Waals surface area contributed by atoms with Crippen molar-refractivity contribution >= 4 is 23.7 Å². The van der Waals surface area contributed by atoms with Gasteiger partial charge < -0.3 is 24.4 Å². The Hall–Kier alpha value is -2.52. The molecule has 1 fully saturated rings. The summed E-state index contributed by atoms with van der Waals surface area (Å²) in [4.78, 5) is 49.7. The fraction of sp³-hybridized carbons (Fsp3) is 0.667. The number of aliphatic hydroxyl groups is 2. The lowest BCUT2D eigenvalue weighted by atomic mass is 9.55. The van der Waals surface area contributed by atoms with Gasteiger partial charge in [0, 0.05) is 25.2 Å². The van der Waals surface area contributed by atoms with E-state index in [1.54, 1.807) is 19.9 Å². The van der Waals surface area contributed by atoms with Crippen molar-refractivity contribution in [2.45, 2.75) is 83.9 Å². The van der Waals surface area contributed by atoms with Crippen LogP contribution in [-0.4, -0.2) is 63.4 Å². The van der Waals surface area contributed by atoms with E-state index in [9.17, 15) is 29.4 Å². The molecular weight excluding hydrogens is 432 g/mol. The molecule has 3 aliphatic rings. The van der Waals surface area contributed by atoms with E-state index in [1.807, 2.05) is 0 Å². The number of ketones is 1. The third kappa shape index (κ3) is 4.01. The number of allylic oxidation sites excluding steroid dienone is 1. The Morgan fingerprint density at radius 1 is 1.12 bits per heavy atom. The zero-order chi connectivity index (χ0) is 24.9. The van der Waals surface area contributed by atoms with Crippen molar-refractivity contribution in [2.24, 2.45) is 17.3 Å². The van der Waals surface area contributed by atoms with E-state index >= 15 is 0 Å². The van der Waals surface area contributed by atoms with Crippen LogP contribution in [0.1, 0.15) is 54.4 Å². The molecule has 8 unspecified atom stereocenters. The van der Waals surface area contributed by atoms with Crippen molar-refractivity contribution in [1.82, 2.24) is 0 Å². The number of hydrogen-bond donors (Lipinski definition) is 2. The largest absolute Gasteiger partial charge is 0.462 e. The molecule has 1 saturated heterocycles. The van der Waals surface area contributed by atoms with Crippen LogP contribution in [0.25, 0.3) is 0 Å². The lowest BCUT2D eigenvalue weighted by Gasteiger charge is -2.54. The second-order valence-electron chi connectivity index (χ2n) is 9.84. The Morgan fingerprint density at radius 2 is 1.73 bits per heavy atom. The minimum atomic E-state index is -2.12. The Balaban J connectivity index is 2.36. The first kappa shape index (κ1) is 25.1. The molecule has 0 bridgehead atoms. The molecule has 0 aromatic heterocycles. The summed E-state index contributed by atoms with van der Waals surface area (Å²) in [6.45, 7) is 8.59. The molecule has 8 atom stereocenters. The SMILES string of the molecule is CC(=O)OC1CCC(C)=CC2OC(=O)C(C)C2(O)C(OC(C)=O)C2C(C)(O)C(=O)C=CC12C. The van der Waals surface area contributed by atoms with Gasteiger partial charge in [-0.25, -0.2) is 0 Å². The van der Waals surface area contributed by atoms with Crippen molar-refractivity contribution in [3.63, 3.8) is 0 Å². The van der Waals surface area contributed by atoms with Crippen LogP contribution in [0, 0.1) is 17.3 Å². The Kier molecular flexibility index (Phi) is 6.36. The van der Waals surface area contributed by atoms with Crippen molar-refractivity contribution < 1.29 is 43.6 Å². The van der Waals surface area contributed by atoms with E-state index in [-0.39, 0.29) is 0 Å². The molecule has 9 heteroatoms. The highest BCUT2D eigenvalue weighted by molar-refractivity contribution is 5.98. The molecule has 0 aromatic carbocycles. The smallest absolute Gasteiger partial charge is 0.312 e. The number of esters is 3. The van der Waals surface area contributed by atoms with Crippen LogP contribution in [0.2, 0.25) is 0 Å². The first-order chi connectivity index (χ1) is 15.2. The van der Waals surface area contributed by atoms with E-state index in [4.69, 9.17) is 14.2 Å². The topological polar surface area (TPSA) is 136 Å². The number of carbonyl (C=O) groups is 4. The van der Waals surface area contributed by atoms with Gasteiger partial charge in [0.25, 0.3) is 0 Å². The van der Waals surface area contributed by atoms with Crippen LogP contribution >= 0.6 is 0 Å². The van der Waals surface area contributed by atoms with Crippen LogP contribution in [-0.2, 0) is 33.4 Å². The van der Waals surface area contributed by atoms with Crippen molar-refractivity contribution in [3.8, 4) is 0 Å². The van der Waals surface area contributed by atoms with Gasteiger partial charge in [-0.3, -0.25) is 19.2 Å². The van der Waals surface area contributed by atoms with Crippen LogP contribution in [0.3, 0.4) is 0 Å². The number of carbonyl (C=O) groups excluding carboxylic acids is 4. The minimum Gasteiger partial charge on any atom is -0.462 e. The fourth-order valence-corrected chi connectivity index (χ4v) is 5.55. The van der Waals surface area contributed by atoms with Gasteiger partial charge in [-0.1, -0.05) is 18.6 Å². The van der Waals surface area contributed by atoms with Gasteiger partial charge in [0.15, 0.2) is 17.5 Å². The van der Waals surface area contributed by atoms with Gasteiger partial charge in [-0.15, -0.1) is 0 Å². The molecule has 9 nitrogen and oxygen atoms in total. The lowest BCUT2D eigenvalue weighted by Crippen LogP contribution is -2.68. The summed E-state index contributed by atoms with van der Waals surface area (Å²) in [7, 11) is 0. The third-order valence-electron chi connectivity index (χ3n) is 7.40. The van der Waals surface area contributed by atoms with Crippen molar-refractivity contribution in [3.05, 3.63) is 23.8 Å². The summed E-state index contributed by atoms with van der Waals surface area (Å²) in [5, 5.41) is 23.5. The number of ether oxygens (including phenoxy) is 3. The summed E-state index contributed by atoms with van der Waals surface area (Å²) in [6, 6.07) is 0. The molecule has 0 amide bonds. The van der Waals surface area contributed by atoms with Gasteiger partial charge in [0.05, 0.1) is 5.92 Å². The van der Waals surface area contributed by atoms with Crippen LogP contribution in [0.15, 0.2) is 23.8 Å². The average molecular weight is 465 g/mol. The van der Waals surface area contributed by atoms with E-state index < -0.39 is 70.5 Å². The molecule has 0 radical (unpaired) electrons. The molecule has 3 rings (SSSR count). The maximum absolute atomic E-state index is 12.8. The summed E-state index contributed by atoms with van der Waals surface area (Å²) in [5.74, 6) is -5.10. The predicted molar refractivity (Wildman–Crippen MR) is 114 cm³/mol. The molecule has 2 aliphatic carbocycles. The third-order valence-corrected chi connectivity index (χ3v) is 7.40. The molecule has 0 aromatic rings. The second-order valence-corrected chi connectivity index (χ2v) is 9.84. The van der Waals surface area contributed by atoms with Crippen LogP contribution in [0.5, 0.6) is 0 Å². The molecule has 182 valence electrons. The van der Waals surface area contributed by atoms with Gasteiger partial charge in [0.2, 0.25) is 0 Å². The second kappa shape index (κ2) is 8.36. The Labute approximate surface area is 192 Å². The Bertz CT molecular complexity index is 932. The van der Waals surface area contributed by atoms with Crippen LogP contribution in [0.4, 0.5) is 0 Å². The van der Waals surface area contributed by atoms with Gasteiger partial charge in [-0.2, -0.15) is 0 Å². The predicted octanol–water partition coefficient (Wildman–Crippen LogP) is 1.39. The van der Waals surface area contributed by atoms with E-state index in [0.29, 0.717) is 12.8 Å². The highest BCUT2D eigenvalue weighted by atomic mass is 16.6. The highest BCUT2D eigenvalue weighted by Gasteiger charge is 2.68. The lowest BCUT2D eigenvalue weighted by molar-refractivity contribution is -0.224. The first-order valence-corrected chi connectivity index (χ1v) is 11.1. The zero-order valence-corrected chi connectivity index (χ0v) is 19.8. The minimum absolute atomic E-state index is 0.324. The maximum atomic E-state index is 12.8. The van der Waals surface area contributed by atoms with E-state index in [0.717, 1.165) is 12.5 Å². The number of fused-ring (bicyclic) bond motifs is 2. The molecule has 1 aliphatic heterocycles. The van der Waals surface area contributed by atoms with Crippen molar-refractivity contribution in [2.75, 3.05) is 0 Å². The van der Waals surface area contributed by atoms with Crippen molar-refractivity contribution in [1.29, 1.82) is 0 Å². The Morgan fingerprint density at radius 3 is 2.30 bits per heavy atom. The fourth-order valence-electron chi connectivity index (χ4n) is 5.55.